The van der Waals surface area contributed by atoms with E-state index in [1.165, 1.54) is 16.7 Å². The maximum absolute atomic E-state index is 5.20. The molecular formula is C35H36Cl2MnN6. The summed E-state index contributed by atoms with van der Waals surface area (Å²) in [6, 6.07) is 31.9. The van der Waals surface area contributed by atoms with E-state index in [0.717, 1.165) is 50.9 Å². The Balaban J connectivity index is 0.00000123. The second-order valence-corrected chi connectivity index (χ2v) is 13.3. The Morgan fingerprint density at radius 1 is 0.477 bits per heavy atom. The molecule has 6 rings (SSSR count). The molecule has 0 atom stereocenters. The van der Waals surface area contributed by atoms with E-state index in [4.69, 9.17) is 35.5 Å². The fraction of sp³-hybridized carbons (Fsp3) is 0.229. The summed E-state index contributed by atoms with van der Waals surface area (Å²) in [5.41, 5.74) is 12.7. The number of rotatable bonds is 6. The molecule has 0 amide bonds. The van der Waals surface area contributed by atoms with Gasteiger partial charge in [0.1, 0.15) is 0 Å². The van der Waals surface area contributed by atoms with Crippen LogP contribution in [-0.4, -0.2) is 29.3 Å². The van der Waals surface area contributed by atoms with Gasteiger partial charge in [0.2, 0.25) is 5.79 Å². The van der Waals surface area contributed by atoms with Crippen LogP contribution in [0.25, 0.3) is 33.8 Å². The van der Waals surface area contributed by atoms with Crippen molar-refractivity contribution in [1.29, 1.82) is 0 Å². The molecule has 0 spiro atoms. The summed E-state index contributed by atoms with van der Waals surface area (Å²) >= 11 is 0.00694. The normalized spacial score (nSPS) is 11.4. The van der Waals surface area contributed by atoms with Crippen molar-refractivity contribution in [2.75, 3.05) is 0 Å². The van der Waals surface area contributed by atoms with Crippen LogP contribution in [-0.2, 0) is 18.9 Å². The van der Waals surface area contributed by atoms with Crippen molar-refractivity contribution >= 4 is 20.2 Å². The van der Waals surface area contributed by atoms with E-state index < -0.39 is 5.79 Å². The fourth-order valence-electron chi connectivity index (χ4n) is 5.58. The average molecular weight is 667 g/mol. The average Bonchev–Trinajstić information content (AvgIpc) is 3.71. The fourth-order valence-corrected chi connectivity index (χ4v) is 5.58. The Hall–Kier alpha value is -3.61. The Kier molecular flexibility index (Phi) is 9.52. The molecule has 0 radical (unpaired) electrons. The van der Waals surface area contributed by atoms with E-state index in [0.29, 0.717) is 0 Å². The number of benzene rings is 3. The standard InChI is InChI=1S/C35H36N6.2ClH.Mn/c1-23-8-14-29(15-9-23)32-20-26(4)39(36-32)35(7,40-27(5)21-33(37-40)30-16-10-24(2)11-17-30)41-28(6)22-34(38-41)31-18-12-25(3)13-19-31;;;/h8-22H,1-7H3;2*1H;/q;;;+2/p-2. The van der Waals surface area contributed by atoms with Gasteiger partial charge < -0.3 is 0 Å². The SMILES string of the molecule is Cc1ccc(-c2cc(C)n(C(C)(n3nc(-c4ccc(C)cc4)cc3C)n3nc(-c4ccc(C)cc4)cc3C)n2)cc1.[Cl][Mn][Cl]. The summed E-state index contributed by atoms with van der Waals surface area (Å²) in [5.74, 6) is -0.896. The van der Waals surface area contributed by atoms with Crippen LogP contribution in [0.4, 0.5) is 0 Å². The molecule has 0 fully saturated rings. The summed E-state index contributed by atoms with van der Waals surface area (Å²) < 4.78 is 6.17. The first-order chi connectivity index (χ1) is 21.0. The van der Waals surface area contributed by atoms with Gasteiger partial charge in [0.05, 0.1) is 17.1 Å². The van der Waals surface area contributed by atoms with Crippen LogP contribution in [0.2, 0.25) is 0 Å². The first kappa shape index (κ1) is 31.8. The molecule has 0 bridgehead atoms. The predicted molar refractivity (Wildman–Crippen MR) is 178 cm³/mol. The third kappa shape index (κ3) is 6.29. The van der Waals surface area contributed by atoms with Crippen LogP contribution in [0, 0.1) is 41.5 Å². The number of hydrogen-bond acceptors (Lipinski definition) is 3. The van der Waals surface area contributed by atoms with Gasteiger partial charge in [0.25, 0.3) is 0 Å². The van der Waals surface area contributed by atoms with Crippen LogP contribution in [0.5, 0.6) is 0 Å². The van der Waals surface area contributed by atoms with Gasteiger partial charge in [0.15, 0.2) is 0 Å². The van der Waals surface area contributed by atoms with E-state index in [9.17, 15) is 0 Å². The predicted octanol–water partition coefficient (Wildman–Crippen LogP) is 9.23. The zero-order valence-corrected chi connectivity index (χ0v) is 28.7. The van der Waals surface area contributed by atoms with Crippen molar-refractivity contribution in [3.05, 3.63) is 125 Å². The summed E-state index contributed by atoms with van der Waals surface area (Å²) in [5, 5.41) is 15.6. The number of nitrogens with zero attached hydrogens (tertiary/aromatic N) is 6. The third-order valence-electron chi connectivity index (χ3n) is 7.91. The van der Waals surface area contributed by atoms with Gasteiger partial charge in [-0.2, -0.15) is 15.3 Å². The molecule has 0 aliphatic heterocycles. The molecule has 0 unspecified atom stereocenters. The summed E-state index contributed by atoms with van der Waals surface area (Å²) in [6.45, 7) is 14.7. The van der Waals surface area contributed by atoms with Crippen molar-refractivity contribution in [3.63, 3.8) is 0 Å². The van der Waals surface area contributed by atoms with E-state index >= 15 is 0 Å². The molecule has 3 aromatic carbocycles. The van der Waals surface area contributed by atoms with Crippen LogP contribution >= 0.6 is 20.2 Å². The molecule has 0 aliphatic carbocycles. The molecule has 44 heavy (non-hydrogen) atoms. The minimum absolute atomic E-state index is 0.00694. The third-order valence-corrected chi connectivity index (χ3v) is 7.91. The molecule has 6 aromatic rings. The zero-order valence-electron chi connectivity index (χ0n) is 26.0. The summed E-state index contributed by atoms with van der Waals surface area (Å²) in [7, 11) is 9.59. The molecule has 0 saturated carbocycles. The second kappa shape index (κ2) is 13.2. The van der Waals surface area contributed by atoms with Crippen LogP contribution in [0.3, 0.4) is 0 Å². The molecule has 227 valence electrons. The Labute approximate surface area is 274 Å². The van der Waals surface area contributed by atoms with Gasteiger partial charge in [-0.1, -0.05) is 89.5 Å². The quantitative estimate of drug-likeness (QED) is 0.167. The topological polar surface area (TPSA) is 53.5 Å². The van der Waals surface area contributed by atoms with Gasteiger partial charge in [-0.05, 0) is 59.7 Å². The van der Waals surface area contributed by atoms with Crippen LogP contribution < -0.4 is 0 Å². The van der Waals surface area contributed by atoms with Gasteiger partial charge >= 0.3 is 33.3 Å². The Morgan fingerprint density at radius 3 is 0.932 bits per heavy atom. The number of aromatic nitrogens is 6. The molecule has 3 heterocycles. The van der Waals surface area contributed by atoms with Crippen LogP contribution in [0.15, 0.2) is 91.0 Å². The number of aryl methyl sites for hydroxylation is 6. The van der Waals surface area contributed by atoms with E-state index in [-0.39, 0.29) is 13.1 Å². The molecular weight excluding hydrogens is 630 g/mol. The Morgan fingerprint density at radius 2 is 0.705 bits per heavy atom. The molecule has 0 saturated heterocycles. The van der Waals surface area contributed by atoms with Crippen molar-refractivity contribution in [2.45, 2.75) is 54.3 Å². The number of hydrogen-bond donors (Lipinski definition) is 0. The zero-order chi connectivity index (χ0) is 31.6. The van der Waals surface area contributed by atoms with Gasteiger partial charge in [-0.15, -0.1) is 0 Å². The second-order valence-electron chi connectivity index (χ2n) is 11.4. The minimum atomic E-state index is -0.896. The summed E-state index contributed by atoms with van der Waals surface area (Å²) in [4.78, 5) is 0. The van der Waals surface area contributed by atoms with Crippen molar-refractivity contribution in [3.8, 4) is 33.8 Å². The monoisotopic (exact) mass is 665 g/mol. The number of halogens is 2. The van der Waals surface area contributed by atoms with E-state index in [1.807, 2.05) is 0 Å². The van der Waals surface area contributed by atoms with Crippen molar-refractivity contribution in [1.82, 2.24) is 29.3 Å². The molecule has 6 nitrogen and oxygen atoms in total. The van der Waals surface area contributed by atoms with Crippen molar-refractivity contribution in [2.24, 2.45) is 0 Å². The first-order valence-electron chi connectivity index (χ1n) is 14.3. The van der Waals surface area contributed by atoms with E-state index in [2.05, 4.69) is 154 Å². The van der Waals surface area contributed by atoms with E-state index in [1.54, 1.807) is 0 Å². The maximum atomic E-state index is 5.20. The van der Waals surface area contributed by atoms with Crippen molar-refractivity contribution < 1.29 is 13.1 Å². The molecule has 0 N–H and O–H groups in total. The molecule has 3 aromatic heterocycles. The molecule has 0 aliphatic rings. The van der Waals surface area contributed by atoms with Gasteiger partial charge in [0, 0.05) is 40.7 Å². The first-order valence-corrected chi connectivity index (χ1v) is 17.6. The molecule has 9 heteroatoms. The summed E-state index contributed by atoms with van der Waals surface area (Å²) in [6.07, 6.45) is 0. The van der Waals surface area contributed by atoms with Crippen LogP contribution in [0.1, 0.15) is 40.7 Å². The van der Waals surface area contributed by atoms with Gasteiger partial charge in [-0.25, -0.2) is 14.0 Å². The van der Waals surface area contributed by atoms with Gasteiger partial charge in [-0.3, -0.25) is 0 Å². The Bertz CT molecular complexity index is 1650.